The molecule has 0 saturated heterocycles. The van der Waals surface area contributed by atoms with Gasteiger partial charge in [0.25, 0.3) is 0 Å². The molecule has 0 atom stereocenters. The second-order valence-corrected chi connectivity index (χ2v) is 16.2. The predicted molar refractivity (Wildman–Crippen MR) is 183 cm³/mol. The van der Waals surface area contributed by atoms with E-state index >= 15 is 0 Å². The maximum atomic E-state index is 9.84. The SMILES string of the molecule is Oc1ccc(-c2sc3c(sc4cc5c(cc43)sc3c(Br)c(-c4ccc(O)cc4I)sc35)c2Br)c(I)c1. The van der Waals surface area contributed by atoms with E-state index in [4.69, 9.17) is 0 Å². The lowest BCUT2D eigenvalue weighted by Gasteiger charge is -2.04. The van der Waals surface area contributed by atoms with Crippen molar-refractivity contribution in [3.05, 3.63) is 64.6 Å². The first-order valence-corrected chi connectivity index (χ1v) is 17.5. The van der Waals surface area contributed by atoms with Crippen molar-refractivity contribution in [1.82, 2.24) is 0 Å². The fourth-order valence-corrected chi connectivity index (χ4v) is 13.5. The minimum atomic E-state index is 0.289. The number of halogens is 4. The number of rotatable bonds is 2. The van der Waals surface area contributed by atoms with Gasteiger partial charge in [-0.05, 0) is 126 Å². The minimum Gasteiger partial charge on any atom is -0.508 e. The van der Waals surface area contributed by atoms with Crippen molar-refractivity contribution in [3.63, 3.8) is 0 Å². The lowest BCUT2D eigenvalue weighted by atomic mass is 10.2. The molecule has 3 aromatic carbocycles. The van der Waals surface area contributed by atoms with Crippen LogP contribution in [0, 0.1) is 7.14 Å². The van der Waals surface area contributed by atoms with Gasteiger partial charge in [0.05, 0.1) is 37.5 Å². The Morgan fingerprint density at radius 2 is 0.972 bits per heavy atom. The molecule has 0 saturated carbocycles. The molecule has 4 aromatic heterocycles. The van der Waals surface area contributed by atoms with Crippen LogP contribution in [0.25, 0.3) is 59.9 Å². The molecule has 4 heterocycles. The van der Waals surface area contributed by atoms with Gasteiger partial charge < -0.3 is 10.2 Å². The zero-order valence-corrected chi connectivity index (χ0v) is 28.4. The summed E-state index contributed by atoms with van der Waals surface area (Å²) in [6.45, 7) is 0. The predicted octanol–water partition coefficient (Wildman–Crippen LogP) is 12.0. The standard InChI is InChI=1S/C26H10Br2I2O2S4/c27-19-21(11-3-1-9(31)5-15(11)29)35-23-13-7-18-14(8-17(13)33-25(19)23)24-26(34-18)20(28)22(36-24)12-4-2-10(32)6-16(12)30/h1-8,31-32H. The number of fused-ring (bicyclic) bond motifs is 6. The Labute approximate surface area is 265 Å². The van der Waals surface area contributed by atoms with Crippen LogP contribution >= 0.6 is 122 Å². The molecule has 0 aliphatic carbocycles. The summed E-state index contributed by atoms with van der Waals surface area (Å²) in [4.78, 5) is 2.40. The molecule has 0 unspecified atom stereocenters. The highest BCUT2D eigenvalue weighted by Crippen LogP contribution is 2.54. The van der Waals surface area contributed by atoms with Gasteiger partial charge in [-0.1, -0.05) is 0 Å². The summed E-state index contributed by atoms with van der Waals surface area (Å²) >= 11 is 19.7. The maximum absolute atomic E-state index is 9.84. The summed E-state index contributed by atoms with van der Waals surface area (Å²) < 4.78 is 12.1. The Morgan fingerprint density at radius 1 is 0.556 bits per heavy atom. The van der Waals surface area contributed by atoms with E-state index in [1.165, 1.54) is 48.7 Å². The van der Waals surface area contributed by atoms with Gasteiger partial charge in [-0.2, -0.15) is 0 Å². The number of hydrogen-bond donors (Lipinski definition) is 2. The lowest BCUT2D eigenvalue weighted by molar-refractivity contribution is 0.474. The average molecular weight is 896 g/mol. The molecular weight excluding hydrogens is 886 g/mol. The summed E-state index contributed by atoms with van der Waals surface area (Å²) in [6.07, 6.45) is 0. The van der Waals surface area contributed by atoms with E-state index in [1.807, 2.05) is 69.6 Å². The van der Waals surface area contributed by atoms with Crippen LogP contribution in [0.1, 0.15) is 0 Å². The Morgan fingerprint density at radius 3 is 1.36 bits per heavy atom. The quantitative estimate of drug-likeness (QED) is 0.170. The number of hydrogen-bond acceptors (Lipinski definition) is 6. The van der Waals surface area contributed by atoms with Gasteiger partial charge >= 0.3 is 0 Å². The van der Waals surface area contributed by atoms with Crippen LogP contribution in [0.5, 0.6) is 11.5 Å². The van der Waals surface area contributed by atoms with Crippen LogP contribution < -0.4 is 0 Å². The van der Waals surface area contributed by atoms with Crippen LogP contribution in [0.3, 0.4) is 0 Å². The molecule has 7 aromatic rings. The van der Waals surface area contributed by atoms with E-state index in [0.717, 1.165) is 27.2 Å². The fourth-order valence-electron chi connectivity index (χ4n) is 4.36. The summed E-state index contributed by atoms with van der Waals surface area (Å²) in [6, 6.07) is 15.8. The zero-order chi connectivity index (χ0) is 24.9. The van der Waals surface area contributed by atoms with Crippen LogP contribution in [0.15, 0.2) is 57.5 Å². The number of benzene rings is 3. The summed E-state index contributed by atoms with van der Waals surface area (Å²) in [5.74, 6) is 0.579. The summed E-state index contributed by atoms with van der Waals surface area (Å²) in [5.41, 5.74) is 2.28. The van der Waals surface area contributed by atoms with Gasteiger partial charge in [-0.25, -0.2) is 0 Å². The highest BCUT2D eigenvalue weighted by atomic mass is 127. The second kappa shape index (κ2) is 9.04. The smallest absolute Gasteiger partial charge is 0.116 e. The number of aromatic hydroxyl groups is 2. The van der Waals surface area contributed by atoms with Crippen LogP contribution in [-0.4, -0.2) is 10.2 Å². The van der Waals surface area contributed by atoms with Crippen molar-refractivity contribution < 1.29 is 10.2 Å². The number of thiophene rings is 4. The molecule has 0 aliphatic rings. The molecular formula is C26H10Br2I2O2S4. The summed E-state index contributed by atoms with van der Waals surface area (Å²) in [5, 5.41) is 22.3. The van der Waals surface area contributed by atoms with Crippen molar-refractivity contribution in [2.45, 2.75) is 0 Å². The molecule has 0 aliphatic heterocycles. The number of phenolic OH excluding ortho intramolecular Hbond substituents is 2. The average Bonchev–Trinajstić information content (AvgIpc) is 3.54. The Hall–Kier alpha value is -0.480. The van der Waals surface area contributed by atoms with Gasteiger partial charge in [0.15, 0.2) is 0 Å². The fraction of sp³-hybridized carbons (Fsp3) is 0. The Kier molecular flexibility index (Phi) is 6.16. The molecule has 0 spiro atoms. The molecule has 0 radical (unpaired) electrons. The highest BCUT2D eigenvalue weighted by Gasteiger charge is 2.22. The Bertz CT molecular complexity index is 1890. The third-order valence-corrected chi connectivity index (χ3v) is 15.5. The van der Waals surface area contributed by atoms with Crippen LogP contribution in [-0.2, 0) is 0 Å². The van der Waals surface area contributed by atoms with E-state index in [2.05, 4.69) is 89.2 Å². The van der Waals surface area contributed by atoms with E-state index < -0.39 is 0 Å². The monoisotopic (exact) mass is 894 g/mol. The molecule has 0 amide bonds. The van der Waals surface area contributed by atoms with E-state index in [9.17, 15) is 10.2 Å². The topological polar surface area (TPSA) is 40.5 Å². The lowest BCUT2D eigenvalue weighted by Crippen LogP contribution is -1.79. The van der Waals surface area contributed by atoms with Gasteiger partial charge in [-0.3, -0.25) is 0 Å². The molecule has 36 heavy (non-hydrogen) atoms. The van der Waals surface area contributed by atoms with Crippen molar-refractivity contribution >= 4 is 161 Å². The zero-order valence-electron chi connectivity index (χ0n) is 17.7. The van der Waals surface area contributed by atoms with E-state index in [1.54, 1.807) is 12.1 Å². The maximum Gasteiger partial charge on any atom is 0.116 e. The molecule has 7 rings (SSSR count). The van der Waals surface area contributed by atoms with E-state index in [0.29, 0.717) is 0 Å². The molecule has 2 N–H and O–H groups in total. The Balaban J connectivity index is 1.43. The first-order chi connectivity index (χ1) is 17.3. The van der Waals surface area contributed by atoms with Gasteiger partial charge in [0.1, 0.15) is 11.5 Å². The number of phenols is 2. The molecule has 0 fully saturated rings. The highest BCUT2D eigenvalue weighted by molar-refractivity contribution is 14.1. The molecule has 10 heteroatoms. The van der Waals surface area contributed by atoms with Crippen molar-refractivity contribution in [2.75, 3.05) is 0 Å². The van der Waals surface area contributed by atoms with E-state index in [-0.39, 0.29) is 11.5 Å². The summed E-state index contributed by atoms with van der Waals surface area (Å²) in [7, 11) is 0. The molecule has 2 nitrogen and oxygen atoms in total. The van der Waals surface area contributed by atoms with Crippen molar-refractivity contribution in [1.29, 1.82) is 0 Å². The first-order valence-electron chi connectivity index (χ1n) is 10.5. The van der Waals surface area contributed by atoms with Crippen LogP contribution in [0.4, 0.5) is 0 Å². The van der Waals surface area contributed by atoms with Gasteiger partial charge in [-0.15, -0.1) is 45.3 Å². The largest absolute Gasteiger partial charge is 0.508 e. The minimum absolute atomic E-state index is 0.289. The van der Waals surface area contributed by atoms with Crippen molar-refractivity contribution in [3.8, 4) is 32.4 Å². The van der Waals surface area contributed by atoms with Crippen LogP contribution in [0.2, 0.25) is 0 Å². The van der Waals surface area contributed by atoms with Gasteiger partial charge in [0.2, 0.25) is 0 Å². The second-order valence-electron chi connectivity index (χ2n) is 8.18. The molecule has 178 valence electrons. The first kappa shape index (κ1) is 24.6. The normalized spacial score (nSPS) is 12.1. The van der Waals surface area contributed by atoms with Crippen molar-refractivity contribution in [2.24, 2.45) is 0 Å². The van der Waals surface area contributed by atoms with Gasteiger partial charge in [0, 0.05) is 38.4 Å². The molecule has 0 bridgehead atoms. The third kappa shape index (κ3) is 3.73. The third-order valence-electron chi connectivity index (χ3n) is 6.01.